The van der Waals surface area contributed by atoms with Crippen LogP contribution in [0, 0.1) is 28.6 Å². The monoisotopic (exact) mass is 412 g/mol. The van der Waals surface area contributed by atoms with E-state index in [1.807, 2.05) is 44.2 Å². The Bertz CT molecular complexity index is 791. The SMILES string of the molecule is CC(C)C(=O)N[C@@H]1C(C)(C)[C@@H]2C[C@@H]3[C@@H](CCNC(=O)c4ccccc4)OCC[C@@]31C2. The minimum atomic E-state index is -0.0303. The number of nitrogens with one attached hydrogen (secondary N) is 2. The summed E-state index contributed by atoms with van der Waals surface area (Å²) in [5.41, 5.74) is 0.937. The van der Waals surface area contributed by atoms with E-state index < -0.39 is 0 Å². The summed E-state index contributed by atoms with van der Waals surface area (Å²) in [6.07, 6.45) is 4.34. The van der Waals surface area contributed by atoms with Gasteiger partial charge in [0.15, 0.2) is 0 Å². The summed E-state index contributed by atoms with van der Waals surface area (Å²) in [5, 5.41) is 6.50. The Morgan fingerprint density at radius 3 is 2.63 bits per heavy atom. The lowest BCUT2D eigenvalue weighted by Crippen LogP contribution is -2.60. The lowest BCUT2D eigenvalue weighted by Gasteiger charge is -2.53. The fourth-order valence-electron chi connectivity index (χ4n) is 6.52. The fourth-order valence-corrected chi connectivity index (χ4v) is 6.52. The van der Waals surface area contributed by atoms with Crippen molar-refractivity contribution >= 4 is 11.8 Å². The van der Waals surface area contributed by atoms with Crippen LogP contribution in [-0.2, 0) is 9.53 Å². The summed E-state index contributed by atoms with van der Waals surface area (Å²) in [6, 6.07) is 9.55. The molecule has 1 saturated heterocycles. The van der Waals surface area contributed by atoms with E-state index >= 15 is 0 Å². The van der Waals surface area contributed by atoms with Crippen molar-refractivity contribution in [3.05, 3.63) is 35.9 Å². The average Bonchev–Trinajstić information content (AvgIpc) is 3.21. The second-order valence-corrected chi connectivity index (χ2v) is 10.5. The van der Waals surface area contributed by atoms with Gasteiger partial charge in [-0.15, -0.1) is 0 Å². The van der Waals surface area contributed by atoms with E-state index in [-0.39, 0.29) is 40.7 Å². The zero-order valence-corrected chi connectivity index (χ0v) is 18.7. The Kier molecular flexibility index (Phi) is 5.69. The highest BCUT2D eigenvalue weighted by atomic mass is 16.5. The zero-order valence-electron chi connectivity index (χ0n) is 18.7. The van der Waals surface area contributed by atoms with Crippen molar-refractivity contribution in [3.8, 4) is 0 Å². The third kappa shape index (κ3) is 3.55. The first-order valence-corrected chi connectivity index (χ1v) is 11.5. The van der Waals surface area contributed by atoms with Crippen molar-refractivity contribution in [2.75, 3.05) is 13.2 Å². The van der Waals surface area contributed by atoms with Crippen LogP contribution in [0.15, 0.2) is 30.3 Å². The molecule has 3 fully saturated rings. The molecule has 2 N–H and O–H groups in total. The van der Waals surface area contributed by atoms with E-state index in [1.165, 1.54) is 12.8 Å². The summed E-state index contributed by atoms with van der Waals surface area (Å²) in [5.74, 6) is 1.20. The number of fused-ring (bicyclic) bond motifs is 1. The number of amides is 2. The lowest BCUT2D eigenvalue weighted by atomic mass is 9.59. The number of carbonyl (C=O) groups excluding carboxylic acids is 2. The number of ether oxygens (including phenoxy) is 1. The Hall–Kier alpha value is -1.88. The van der Waals surface area contributed by atoms with Crippen LogP contribution in [-0.4, -0.2) is 37.1 Å². The molecule has 1 heterocycles. The van der Waals surface area contributed by atoms with Crippen molar-refractivity contribution in [2.24, 2.45) is 28.6 Å². The van der Waals surface area contributed by atoms with Crippen LogP contribution >= 0.6 is 0 Å². The molecule has 5 heteroatoms. The molecule has 0 unspecified atom stereocenters. The molecule has 1 aliphatic heterocycles. The van der Waals surface area contributed by atoms with Crippen LogP contribution in [0.25, 0.3) is 0 Å². The highest BCUT2D eigenvalue weighted by Gasteiger charge is 2.68. The topological polar surface area (TPSA) is 67.4 Å². The maximum absolute atomic E-state index is 12.6. The molecule has 2 amide bonds. The van der Waals surface area contributed by atoms with Crippen molar-refractivity contribution in [2.45, 2.75) is 65.5 Å². The second kappa shape index (κ2) is 7.99. The van der Waals surface area contributed by atoms with E-state index in [2.05, 4.69) is 24.5 Å². The number of carbonyl (C=O) groups is 2. The molecule has 2 bridgehead atoms. The Morgan fingerprint density at radius 2 is 1.93 bits per heavy atom. The van der Waals surface area contributed by atoms with Gasteiger partial charge in [-0.2, -0.15) is 0 Å². The summed E-state index contributed by atoms with van der Waals surface area (Å²) in [4.78, 5) is 25.0. The molecule has 1 spiro atoms. The first-order chi connectivity index (χ1) is 14.3. The normalized spacial score (nSPS) is 33.9. The van der Waals surface area contributed by atoms with Gasteiger partial charge in [-0.25, -0.2) is 0 Å². The molecule has 1 aromatic rings. The molecule has 1 aromatic carbocycles. The van der Waals surface area contributed by atoms with Gasteiger partial charge >= 0.3 is 0 Å². The summed E-state index contributed by atoms with van der Waals surface area (Å²) in [6.45, 7) is 9.95. The third-order valence-electron chi connectivity index (χ3n) is 8.18. The van der Waals surface area contributed by atoms with E-state index in [0.29, 0.717) is 23.9 Å². The molecule has 3 aliphatic rings. The molecule has 5 atom stereocenters. The van der Waals surface area contributed by atoms with Crippen LogP contribution < -0.4 is 10.6 Å². The third-order valence-corrected chi connectivity index (χ3v) is 8.18. The summed E-state index contributed by atoms with van der Waals surface area (Å²) in [7, 11) is 0. The van der Waals surface area contributed by atoms with E-state index in [0.717, 1.165) is 19.4 Å². The zero-order chi connectivity index (χ0) is 21.5. The Labute approximate surface area is 180 Å². The van der Waals surface area contributed by atoms with Gasteiger partial charge in [0.1, 0.15) is 0 Å². The maximum atomic E-state index is 12.6. The first-order valence-electron chi connectivity index (χ1n) is 11.5. The van der Waals surface area contributed by atoms with Crippen LogP contribution in [0.2, 0.25) is 0 Å². The van der Waals surface area contributed by atoms with Crippen molar-refractivity contribution in [1.82, 2.24) is 10.6 Å². The Morgan fingerprint density at radius 1 is 1.20 bits per heavy atom. The van der Waals surface area contributed by atoms with Gasteiger partial charge in [0, 0.05) is 30.7 Å². The Balaban J connectivity index is 1.43. The van der Waals surface area contributed by atoms with E-state index in [1.54, 1.807) is 0 Å². The van der Waals surface area contributed by atoms with Crippen LogP contribution in [0.1, 0.15) is 63.7 Å². The maximum Gasteiger partial charge on any atom is 0.251 e. The summed E-state index contributed by atoms with van der Waals surface area (Å²) < 4.78 is 6.23. The van der Waals surface area contributed by atoms with Gasteiger partial charge in [0.2, 0.25) is 5.91 Å². The molecular weight excluding hydrogens is 376 g/mol. The average molecular weight is 413 g/mol. The molecule has 2 aliphatic carbocycles. The fraction of sp³-hybridized carbons (Fsp3) is 0.680. The molecule has 4 rings (SSSR count). The largest absolute Gasteiger partial charge is 0.378 e. The van der Waals surface area contributed by atoms with Crippen LogP contribution in [0.4, 0.5) is 0 Å². The number of hydrogen-bond acceptors (Lipinski definition) is 3. The lowest BCUT2D eigenvalue weighted by molar-refractivity contribution is -0.138. The minimum Gasteiger partial charge on any atom is -0.378 e. The quantitative estimate of drug-likeness (QED) is 0.747. The molecular formula is C25H36N2O3. The van der Waals surface area contributed by atoms with Crippen LogP contribution in [0.3, 0.4) is 0 Å². The van der Waals surface area contributed by atoms with Crippen molar-refractivity contribution in [3.63, 3.8) is 0 Å². The predicted molar refractivity (Wildman–Crippen MR) is 117 cm³/mol. The molecule has 30 heavy (non-hydrogen) atoms. The molecule has 2 saturated carbocycles. The van der Waals surface area contributed by atoms with Gasteiger partial charge < -0.3 is 15.4 Å². The summed E-state index contributed by atoms with van der Waals surface area (Å²) >= 11 is 0. The van der Waals surface area contributed by atoms with Gasteiger partial charge in [-0.05, 0) is 60.5 Å². The number of hydrogen-bond donors (Lipinski definition) is 2. The second-order valence-electron chi connectivity index (χ2n) is 10.5. The van der Waals surface area contributed by atoms with Gasteiger partial charge in [0.05, 0.1) is 6.10 Å². The smallest absolute Gasteiger partial charge is 0.251 e. The highest BCUT2D eigenvalue weighted by Crippen LogP contribution is 2.68. The van der Waals surface area contributed by atoms with Gasteiger partial charge in [-0.3, -0.25) is 9.59 Å². The van der Waals surface area contributed by atoms with Crippen LogP contribution in [0.5, 0.6) is 0 Å². The molecule has 0 aromatic heterocycles. The molecule has 0 radical (unpaired) electrons. The standard InChI is InChI=1S/C25H36N2O3/c1-16(2)21(28)27-23-24(3,4)18-14-19-20(30-13-11-25(19,23)15-18)10-12-26-22(29)17-8-6-5-7-9-17/h5-9,16,18-20,23H,10-15H2,1-4H3,(H,26,29)(H,27,28)/t18-,19-,20-,23-,25-/m1/s1. The van der Waals surface area contributed by atoms with E-state index in [9.17, 15) is 9.59 Å². The minimum absolute atomic E-state index is 0.00128. The molecule has 164 valence electrons. The van der Waals surface area contributed by atoms with Gasteiger partial charge in [-0.1, -0.05) is 45.9 Å². The van der Waals surface area contributed by atoms with Crippen molar-refractivity contribution < 1.29 is 14.3 Å². The number of benzene rings is 1. The number of rotatable bonds is 6. The van der Waals surface area contributed by atoms with Crippen molar-refractivity contribution in [1.29, 1.82) is 0 Å². The highest BCUT2D eigenvalue weighted by molar-refractivity contribution is 5.94. The van der Waals surface area contributed by atoms with Gasteiger partial charge in [0.25, 0.3) is 5.91 Å². The van der Waals surface area contributed by atoms with E-state index in [4.69, 9.17) is 4.74 Å². The first kappa shape index (κ1) is 21.4. The molecule has 5 nitrogen and oxygen atoms in total. The predicted octanol–water partition coefficient (Wildman–Crippen LogP) is 3.79.